The lowest BCUT2D eigenvalue weighted by molar-refractivity contribution is 0.1000. The summed E-state index contributed by atoms with van der Waals surface area (Å²) < 4.78 is 5.64. The zero-order valence-electron chi connectivity index (χ0n) is 11.4. The lowest BCUT2D eigenvalue weighted by atomic mass is 10.1. The Hall–Kier alpha value is -2.04. The first-order valence-corrected chi connectivity index (χ1v) is 6.89. The molecule has 0 atom stereocenters. The number of carbonyl (C=O) groups excluding carboxylic acids is 1. The van der Waals surface area contributed by atoms with E-state index in [2.05, 4.69) is 0 Å². The van der Waals surface area contributed by atoms with Gasteiger partial charge in [0.2, 0.25) is 5.91 Å². The second-order valence-electron chi connectivity index (χ2n) is 4.58. The number of carbonyl (C=O) groups is 1. The normalized spacial score (nSPS) is 10.4. The number of ether oxygens (including phenoxy) is 1. The van der Waals surface area contributed by atoms with Crippen molar-refractivity contribution in [3.8, 4) is 5.75 Å². The van der Waals surface area contributed by atoms with E-state index < -0.39 is 5.91 Å². The van der Waals surface area contributed by atoms with Gasteiger partial charge in [0.25, 0.3) is 0 Å². The Morgan fingerprint density at radius 2 is 1.90 bits per heavy atom. The highest BCUT2D eigenvalue weighted by Crippen LogP contribution is 2.20. The van der Waals surface area contributed by atoms with Crippen molar-refractivity contribution in [3.05, 3.63) is 64.2 Å². The zero-order chi connectivity index (χ0) is 15.2. The number of rotatable bonds is 6. The molecule has 0 aliphatic rings. The standard InChI is InChI=1S/C16H16ClNO3/c17-15-9-12(16(18)20)3-4-13(15)10-21-14-5-1-11(2-6-14)7-8-19/h1-6,9,19H,7-8,10H2,(H2,18,20). The lowest BCUT2D eigenvalue weighted by Gasteiger charge is -2.09. The summed E-state index contributed by atoms with van der Waals surface area (Å²) in [7, 11) is 0. The third kappa shape index (κ3) is 4.21. The monoisotopic (exact) mass is 305 g/mol. The maximum absolute atomic E-state index is 11.0. The maximum Gasteiger partial charge on any atom is 0.248 e. The van der Waals surface area contributed by atoms with E-state index in [9.17, 15) is 4.79 Å². The summed E-state index contributed by atoms with van der Waals surface area (Å²) in [4.78, 5) is 11.0. The highest BCUT2D eigenvalue weighted by molar-refractivity contribution is 6.31. The van der Waals surface area contributed by atoms with Crippen molar-refractivity contribution >= 4 is 17.5 Å². The molecule has 0 heterocycles. The van der Waals surface area contributed by atoms with Gasteiger partial charge in [0.05, 0.1) is 0 Å². The fourth-order valence-electron chi connectivity index (χ4n) is 1.86. The number of aliphatic hydroxyl groups is 1. The van der Waals surface area contributed by atoms with Gasteiger partial charge in [-0.3, -0.25) is 4.79 Å². The van der Waals surface area contributed by atoms with Gasteiger partial charge in [-0.25, -0.2) is 0 Å². The number of benzene rings is 2. The van der Waals surface area contributed by atoms with Gasteiger partial charge < -0.3 is 15.6 Å². The predicted octanol–water partition coefficient (Wildman–Crippen LogP) is 2.55. The van der Waals surface area contributed by atoms with Crippen molar-refractivity contribution in [3.63, 3.8) is 0 Å². The Balaban J connectivity index is 2.01. The first kappa shape index (κ1) is 15.4. The van der Waals surface area contributed by atoms with Gasteiger partial charge in [-0.15, -0.1) is 0 Å². The van der Waals surface area contributed by atoms with Crippen molar-refractivity contribution in [2.45, 2.75) is 13.0 Å². The molecule has 2 aromatic rings. The van der Waals surface area contributed by atoms with Crippen LogP contribution in [-0.4, -0.2) is 17.6 Å². The molecule has 110 valence electrons. The topological polar surface area (TPSA) is 72.6 Å². The van der Waals surface area contributed by atoms with E-state index in [0.29, 0.717) is 29.4 Å². The summed E-state index contributed by atoms with van der Waals surface area (Å²) in [5, 5.41) is 9.30. The second-order valence-corrected chi connectivity index (χ2v) is 4.98. The Morgan fingerprint density at radius 1 is 1.19 bits per heavy atom. The van der Waals surface area contributed by atoms with Gasteiger partial charge in [-0.05, 0) is 36.2 Å². The quantitative estimate of drug-likeness (QED) is 0.861. The molecule has 1 amide bonds. The summed E-state index contributed by atoms with van der Waals surface area (Å²) >= 11 is 6.09. The summed E-state index contributed by atoms with van der Waals surface area (Å²) in [6, 6.07) is 12.4. The van der Waals surface area contributed by atoms with Crippen LogP contribution in [-0.2, 0) is 13.0 Å². The molecule has 3 N–H and O–H groups in total. The molecule has 2 aromatic carbocycles. The zero-order valence-corrected chi connectivity index (χ0v) is 12.1. The van der Waals surface area contributed by atoms with Crippen molar-refractivity contribution in [1.29, 1.82) is 0 Å². The van der Waals surface area contributed by atoms with Crippen molar-refractivity contribution in [2.75, 3.05) is 6.61 Å². The van der Waals surface area contributed by atoms with Gasteiger partial charge >= 0.3 is 0 Å². The van der Waals surface area contributed by atoms with Crippen molar-refractivity contribution in [1.82, 2.24) is 0 Å². The maximum atomic E-state index is 11.0. The molecule has 0 radical (unpaired) electrons. The first-order valence-electron chi connectivity index (χ1n) is 6.51. The van der Waals surface area contributed by atoms with E-state index in [0.717, 1.165) is 11.1 Å². The Morgan fingerprint density at radius 3 is 2.48 bits per heavy atom. The van der Waals surface area contributed by atoms with Gasteiger partial charge in [-0.1, -0.05) is 29.8 Å². The van der Waals surface area contributed by atoms with Crippen molar-refractivity contribution in [2.24, 2.45) is 5.73 Å². The first-order chi connectivity index (χ1) is 10.1. The molecule has 2 rings (SSSR count). The number of hydrogen-bond donors (Lipinski definition) is 2. The van der Waals surface area contributed by atoms with Crippen LogP contribution < -0.4 is 10.5 Å². The summed E-state index contributed by atoms with van der Waals surface area (Å²) in [6.45, 7) is 0.430. The molecule has 5 heteroatoms. The molecule has 0 unspecified atom stereocenters. The molecule has 4 nitrogen and oxygen atoms in total. The molecular weight excluding hydrogens is 290 g/mol. The fraction of sp³-hybridized carbons (Fsp3) is 0.188. The minimum absolute atomic E-state index is 0.127. The highest BCUT2D eigenvalue weighted by Gasteiger charge is 2.06. The Bertz CT molecular complexity index is 626. The van der Waals surface area contributed by atoms with Crippen LogP contribution in [0.5, 0.6) is 5.75 Å². The largest absolute Gasteiger partial charge is 0.489 e. The van der Waals surface area contributed by atoms with Gasteiger partial charge in [0, 0.05) is 22.8 Å². The molecule has 0 aromatic heterocycles. The van der Waals surface area contributed by atoms with Crippen LogP contribution in [0.1, 0.15) is 21.5 Å². The molecule has 0 aliphatic carbocycles. The van der Waals surface area contributed by atoms with E-state index in [1.807, 2.05) is 24.3 Å². The van der Waals surface area contributed by atoms with Gasteiger partial charge in [0.15, 0.2) is 0 Å². The molecular formula is C16H16ClNO3. The number of hydrogen-bond acceptors (Lipinski definition) is 3. The number of halogens is 1. The van der Waals surface area contributed by atoms with Crippen LogP contribution in [0, 0.1) is 0 Å². The molecule has 0 spiro atoms. The van der Waals surface area contributed by atoms with Crippen LogP contribution in [0.4, 0.5) is 0 Å². The number of nitrogens with two attached hydrogens (primary N) is 1. The fourth-order valence-corrected chi connectivity index (χ4v) is 2.10. The van der Waals surface area contributed by atoms with Crippen LogP contribution in [0.15, 0.2) is 42.5 Å². The molecule has 0 saturated heterocycles. The minimum Gasteiger partial charge on any atom is -0.489 e. The van der Waals surface area contributed by atoms with Crippen LogP contribution >= 0.6 is 11.6 Å². The van der Waals surface area contributed by atoms with Gasteiger partial charge in [-0.2, -0.15) is 0 Å². The van der Waals surface area contributed by atoms with Crippen LogP contribution in [0.2, 0.25) is 5.02 Å². The SMILES string of the molecule is NC(=O)c1ccc(COc2ccc(CCO)cc2)c(Cl)c1. The van der Waals surface area contributed by atoms with E-state index >= 15 is 0 Å². The van der Waals surface area contributed by atoms with Crippen molar-refractivity contribution < 1.29 is 14.6 Å². The van der Waals surface area contributed by atoms with E-state index in [1.165, 1.54) is 6.07 Å². The van der Waals surface area contributed by atoms with E-state index in [1.54, 1.807) is 12.1 Å². The molecule has 0 fully saturated rings. The molecule has 0 bridgehead atoms. The summed E-state index contributed by atoms with van der Waals surface area (Å²) in [5.41, 5.74) is 7.39. The predicted molar refractivity (Wildman–Crippen MR) is 81.5 cm³/mol. The molecule has 21 heavy (non-hydrogen) atoms. The third-order valence-corrected chi connectivity index (χ3v) is 3.41. The second kappa shape index (κ2) is 7.11. The third-order valence-electron chi connectivity index (χ3n) is 3.06. The Labute approximate surface area is 128 Å². The number of aliphatic hydroxyl groups excluding tert-OH is 1. The smallest absolute Gasteiger partial charge is 0.248 e. The Kier molecular flexibility index (Phi) is 5.20. The number of primary amides is 1. The average molecular weight is 306 g/mol. The molecule has 0 aliphatic heterocycles. The molecule has 0 saturated carbocycles. The minimum atomic E-state index is -0.510. The average Bonchev–Trinajstić information content (AvgIpc) is 2.47. The summed E-state index contributed by atoms with van der Waals surface area (Å²) in [5.74, 6) is 0.204. The van der Waals surface area contributed by atoms with E-state index in [-0.39, 0.29) is 6.61 Å². The van der Waals surface area contributed by atoms with E-state index in [4.69, 9.17) is 27.2 Å². The number of amides is 1. The van der Waals surface area contributed by atoms with Crippen LogP contribution in [0.25, 0.3) is 0 Å². The van der Waals surface area contributed by atoms with Gasteiger partial charge in [0.1, 0.15) is 12.4 Å². The lowest BCUT2D eigenvalue weighted by Crippen LogP contribution is -2.11. The highest BCUT2D eigenvalue weighted by atomic mass is 35.5. The summed E-state index contributed by atoms with van der Waals surface area (Å²) in [6.07, 6.45) is 0.626. The van der Waals surface area contributed by atoms with Crippen LogP contribution in [0.3, 0.4) is 0 Å².